The third kappa shape index (κ3) is 4.22. The first-order valence-corrected chi connectivity index (χ1v) is 7.51. The average Bonchev–Trinajstić information content (AvgIpc) is 2.86. The van der Waals surface area contributed by atoms with Crippen LogP contribution < -0.4 is 5.32 Å². The molecular weight excluding hydrogens is 302 g/mol. The van der Waals surface area contributed by atoms with Crippen molar-refractivity contribution in [3.05, 3.63) is 58.0 Å². The molecule has 0 aliphatic heterocycles. The Labute approximate surface area is 123 Å². The maximum absolute atomic E-state index is 5.47. The highest BCUT2D eigenvalue weighted by Gasteiger charge is 2.14. The summed E-state index contributed by atoms with van der Waals surface area (Å²) < 4.78 is 6.60. The lowest BCUT2D eigenvalue weighted by Crippen LogP contribution is -2.24. The topological polar surface area (TPSA) is 25.2 Å². The van der Waals surface area contributed by atoms with Crippen molar-refractivity contribution in [2.24, 2.45) is 0 Å². The van der Waals surface area contributed by atoms with Crippen LogP contribution in [0.3, 0.4) is 0 Å². The predicted molar refractivity (Wildman–Crippen MR) is 82.3 cm³/mol. The molecule has 2 rings (SSSR count). The van der Waals surface area contributed by atoms with Crippen molar-refractivity contribution in [1.29, 1.82) is 0 Å². The van der Waals surface area contributed by atoms with Crippen molar-refractivity contribution in [3.63, 3.8) is 0 Å². The molecule has 0 saturated heterocycles. The van der Waals surface area contributed by atoms with Gasteiger partial charge in [-0.25, -0.2) is 0 Å². The van der Waals surface area contributed by atoms with Gasteiger partial charge in [-0.1, -0.05) is 28.9 Å². The summed E-state index contributed by atoms with van der Waals surface area (Å²) in [4.78, 5) is 0. The molecule has 0 spiro atoms. The van der Waals surface area contributed by atoms with Gasteiger partial charge in [-0.3, -0.25) is 0 Å². The van der Waals surface area contributed by atoms with E-state index in [-0.39, 0.29) is 0 Å². The maximum Gasteiger partial charge on any atom is 0.105 e. The molecule has 2 aromatic rings. The highest BCUT2D eigenvalue weighted by molar-refractivity contribution is 9.10. The molecule has 1 N–H and O–H groups in total. The maximum atomic E-state index is 5.47. The van der Waals surface area contributed by atoms with Gasteiger partial charge in [-0.2, -0.15) is 0 Å². The summed E-state index contributed by atoms with van der Waals surface area (Å²) in [7, 11) is 0. The fourth-order valence-corrected chi connectivity index (χ4v) is 2.85. The van der Waals surface area contributed by atoms with E-state index in [1.165, 1.54) is 11.1 Å². The summed E-state index contributed by atoms with van der Waals surface area (Å²) in [5, 5.41) is 3.60. The standard InChI is InChI=1S/C16H20BrNO/c1-3-6-18-16(11-15-5-4-7-19-15)13-8-12(2)9-14(17)10-13/h4-5,7-10,16,18H,3,6,11H2,1-2H3. The molecule has 102 valence electrons. The molecule has 3 heteroatoms. The summed E-state index contributed by atoms with van der Waals surface area (Å²) in [6.45, 7) is 5.32. The van der Waals surface area contributed by atoms with Crippen LogP contribution in [0.1, 0.15) is 36.3 Å². The van der Waals surface area contributed by atoms with Crippen LogP contribution in [0.4, 0.5) is 0 Å². The van der Waals surface area contributed by atoms with E-state index >= 15 is 0 Å². The van der Waals surface area contributed by atoms with Crippen molar-refractivity contribution < 1.29 is 4.42 Å². The van der Waals surface area contributed by atoms with Gasteiger partial charge in [0.05, 0.1) is 6.26 Å². The Balaban J connectivity index is 2.20. The van der Waals surface area contributed by atoms with Crippen LogP contribution in [0.25, 0.3) is 0 Å². The second kappa shape index (κ2) is 6.92. The Morgan fingerprint density at radius 2 is 2.16 bits per heavy atom. The predicted octanol–water partition coefficient (Wildman–Crippen LogP) is 4.63. The Kier molecular flexibility index (Phi) is 5.23. The van der Waals surface area contributed by atoms with Crippen molar-refractivity contribution in [2.75, 3.05) is 6.54 Å². The minimum Gasteiger partial charge on any atom is -0.469 e. The molecule has 0 saturated carbocycles. The molecule has 0 aliphatic carbocycles. The molecule has 2 nitrogen and oxygen atoms in total. The summed E-state index contributed by atoms with van der Waals surface area (Å²) in [6, 6.07) is 10.8. The summed E-state index contributed by atoms with van der Waals surface area (Å²) >= 11 is 3.58. The van der Waals surface area contributed by atoms with E-state index in [9.17, 15) is 0 Å². The van der Waals surface area contributed by atoms with Crippen LogP contribution in [0.2, 0.25) is 0 Å². The summed E-state index contributed by atoms with van der Waals surface area (Å²) in [5.74, 6) is 1.02. The minimum atomic E-state index is 0.294. The molecule has 0 aliphatic rings. The van der Waals surface area contributed by atoms with Crippen LogP contribution in [0.15, 0.2) is 45.5 Å². The first-order valence-electron chi connectivity index (χ1n) is 6.72. The van der Waals surface area contributed by atoms with Gasteiger partial charge >= 0.3 is 0 Å². The molecule has 1 heterocycles. The number of hydrogen-bond acceptors (Lipinski definition) is 2. The van der Waals surface area contributed by atoms with Gasteiger partial charge in [0.25, 0.3) is 0 Å². The number of hydrogen-bond donors (Lipinski definition) is 1. The number of aryl methyl sites for hydroxylation is 1. The normalized spacial score (nSPS) is 12.6. The van der Waals surface area contributed by atoms with E-state index < -0.39 is 0 Å². The zero-order chi connectivity index (χ0) is 13.7. The quantitative estimate of drug-likeness (QED) is 0.838. The lowest BCUT2D eigenvalue weighted by molar-refractivity contribution is 0.449. The van der Waals surface area contributed by atoms with Gasteiger partial charge in [0, 0.05) is 16.9 Å². The smallest absolute Gasteiger partial charge is 0.105 e. The van der Waals surface area contributed by atoms with E-state index in [2.05, 4.69) is 53.3 Å². The monoisotopic (exact) mass is 321 g/mol. The largest absolute Gasteiger partial charge is 0.469 e. The van der Waals surface area contributed by atoms with Crippen LogP contribution in [0.5, 0.6) is 0 Å². The molecule has 1 atom stereocenters. The third-order valence-corrected chi connectivity index (χ3v) is 3.55. The summed E-state index contributed by atoms with van der Waals surface area (Å²) in [5.41, 5.74) is 2.57. The third-order valence-electron chi connectivity index (χ3n) is 3.09. The van der Waals surface area contributed by atoms with Gasteiger partial charge in [-0.15, -0.1) is 0 Å². The zero-order valence-corrected chi connectivity index (χ0v) is 13.0. The lowest BCUT2D eigenvalue weighted by atomic mass is 10.0. The van der Waals surface area contributed by atoms with Crippen LogP contribution in [0, 0.1) is 6.92 Å². The molecule has 0 bridgehead atoms. The molecule has 0 radical (unpaired) electrons. The molecule has 0 fully saturated rings. The van der Waals surface area contributed by atoms with E-state index in [0.717, 1.165) is 29.6 Å². The molecule has 1 aromatic heterocycles. The summed E-state index contributed by atoms with van der Waals surface area (Å²) in [6.07, 6.45) is 3.74. The number of rotatable bonds is 6. The first kappa shape index (κ1) is 14.4. The van der Waals surface area contributed by atoms with E-state index in [1.54, 1.807) is 6.26 Å². The highest BCUT2D eigenvalue weighted by Crippen LogP contribution is 2.24. The highest BCUT2D eigenvalue weighted by atomic mass is 79.9. The molecular formula is C16H20BrNO. The van der Waals surface area contributed by atoms with E-state index in [1.807, 2.05) is 12.1 Å². The number of benzene rings is 1. The fraction of sp³-hybridized carbons (Fsp3) is 0.375. The van der Waals surface area contributed by atoms with Crippen LogP contribution in [-0.2, 0) is 6.42 Å². The van der Waals surface area contributed by atoms with Gasteiger partial charge in [0.2, 0.25) is 0 Å². The van der Waals surface area contributed by atoms with Crippen LogP contribution >= 0.6 is 15.9 Å². The second-order valence-corrected chi connectivity index (χ2v) is 5.77. The van der Waals surface area contributed by atoms with Crippen molar-refractivity contribution >= 4 is 15.9 Å². The van der Waals surface area contributed by atoms with Crippen LogP contribution in [-0.4, -0.2) is 6.54 Å². The van der Waals surface area contributed by atoms with Crippen molar-refractivity contribution in [3.8, 4) is 0 Å². The zero-order valence-electron chi connectivity index (χ0n) is 11.4. The van der Waals surface area contributed by atoms with E-state index in [4.69, 9.17) is 4.42 Å². The molecule has 1 aromatic carbocycles. The van der Waals surface area contributed by atoms with Crippen molar-refractivity contribution in [1.82, 2.24) is 5.32 Å². The van der Waals surface area contributed by atoms with Gasteiger partial charge in [0.1, 0.15) is 5.76 Å². The van der Waals surface area contributed by atoms with Gasteiger partial charge in [-0.05, 0) is 55.3 Å². The minimum absolute atomic E-state index is 0.294. The van der Waals surface area contributed by atoms with Gasteiger partial charge < -0.3 is 9.73 Å². The SMILES string of the molecule is CCCNC(Cc1ccco1)c1cc(C)cc(Br)c1. The Morgan fingerprint density at radius 1 is 1.32 bits per heavy atom. The Hall–Kier alpha value is -1.06. The second-order valence-electron chi connectivity index (χ2n) is 4.85. The Bertz CT molecular complexity index is 487. The van der Waals surface area contributed by atoms with E-state index in [0.29, 0.717) is 6.04 Å². The fourth-order valence-electron chi connectivity index (χ4n) is 2.22. The molecule has 1 unspecified atom stereocenters. The Morgan fingerprint density at radius 3 is 2.79 bits per heavy atom. The number of furan rings is 1. The number of halogens is 1. The number of nitrogens with one attached hydrogen (secondary N) is 1. The first-order chi connectivity index (χ1) is 9.19. The lowest BCUT2D eigenvalue weighted by Gasteiger charge is -2.19. The average molecular weight is 322 g/mol. The van der Waals surface area contributed by atoms with Crippen molar-refractivity contribution in [2.45, 2.75) is 32.7 Å². The molecule has 19 heavy (non-hydrogen) atoms. The van der Waals surface area contributed by atoms with Gasteiger partial charge in [0.15, 0.2) is 0 Å². The molecule has 0 amide bonds.